The van der Waals surface area contributed by atoms with Crippen LogP contribution in [0.3, 0.4) is 0 Å². The number of hydrogen-bond donors (Lipinski definition) is 1. The van der Waals surface area contributed by atoms with Gasteiger partial charge in [-0.1, -0.05) is 18.2 Å². The van der Waals surface area contributed by atoms with E-state index in [0.717, 1.165) is 35.4 Å². The Balaban J connectivity index is 1.38. The van der Waals surface area contributed by atoms with E-state index < -0.39 is 27.3 Å². The van der Waals surface area contributed by atoms with Crippen molar-refractivity contribution in [3.8, 4) is 0 Å². The number of nitrogens with zero attached hydrogens (tertiary/aromatic N) is 2. The highest BCUT2D eigenvalue weighted by Gasteiger charge is 2.49. The van der Waals surface area contributed by atoms with Crippen molar-refractivity contribution in [3.63, 3.8) is 0 Å². The number of rotatable bonds is 5. The number of aromatic nitrogens is 1. The molecule has 3 heterocycles. The number of imide groups is 1. The second-order valence-electron chi connectivity index (χ2n) is 9.92. The first-order valence-electron chi connectivity index (χ1n) is 11.7. The summed E-state index contributed by atoms with van der Waals surface area (Å²) in [5, 5.41) is 2.79. The predicted molar refractivity (Wildman–Crippen MR) is 127 cm³/mol. The molecule has 8 nitrogen and oxygen atoms in total. The summed E-state index contributed by atoms with van der Waals surface area (Å²) >= 11 is 0. The molecule has 0 saturated carbocycles. The molecule has 2 aliphatic heterocycles. The first-order chi connectivity index (χ1) is 16.0. The van der Waals surface area contributed by atoms with E-state index in [-0.39, 0.29) is 29.9 Å². The van der Waals surface area contributed by atoms with Crippen LogP contribution in [0.25, 0.3) is 0 Å². The maximum atomic E-state index is 13.4. The first kappa shape index (κ1) is 22.8. The fourth-order valence-corrected chi connectivity index (χ4v) is 7.45. The van der Waals surface area contributed by atoms with Crippen LogP contribution in [0.1, 0.15) is 64.2 Å². The van der Waals surface area contributed by atoms with E-state index in [1.807, 2.05) is 29.7 Å². The van der Waals surface area contributed by atoms with Crippen molar-refractivity contribution in [2.75, 3.05) is 18.1 Å². The van der Waals surface area contributed by atoms with Gasteiger partial charge in [-0.3, -0.25) is 14.5 Å². The average molecular weight is 484 g/mol. The van der Waals surface area contributed by atoms with Gasteiger partial charge in [-0.2, -0.15) is 0 Å². The lowest BCUT2D eigenvalue weighted by Gasteiger charge is -2.23. The number of sulfone groups is 1. The van der Waals surface area contributed by atoms with Crippen LogP contribution in [-0.4, -0.2) is 53.7 Å². The molecule has 0 radical (unpaired) electrons. The minimum Gasteiger partial charge on any atom is -0.344 e. The lowest BCUT2D eigenvalue weighted by atomic mass is 9.89. The molecule has 3 amide bonds. The van der Waals surface area contributed by atoms with Crippen molar-refractivity contribution in [1.29, 1.82) is 0 Å². The fraction of sp³-hybridized carbons (Fsp3) is 0.480. The zero-order valence-corrected chi connectivity index (χ0v) is 20.5. The monoisotopic (exact) mass is 483 g/mol. The minimum atomic E-state index is -3.08. The lowest BCUT2D eigenvalue weighted by Crippen LogP contribution is -2.41. The van der Waals surface area contributed by atoms with Gasteiger partial charge in [-0.15, -0.1) is 0 Å². The normalized spacial score (nSPS) is 25.6. The first-order valence-corrected chi connectivity index (χ1v) is 13.5. The van der Waals surface area contributed by atoms with Crippen LogP contribution in [0.15, 0.2) is 24.3 Å². The summed E-state index contributed by atoms with van der Waals surface area (Å²) in [6, 6.07) is 6.84. The van der Waals surface area contributed by atoms with Crippen molar-refractivity contribution < 1.29 is 22.8 Å². The maximum absolute atomic E-state index is 13.4. The Labute approximate surface area is 199 Å². The molecule has 0 bridgehead atoms. The molecule has 2 fully saturated rings. The third-order valence-corrected chi connectivity index (χ3v) is 9.36. The van der Waals surface area contributed by atoms with Gasteiger partial charge in [-0.05, 0) is 69.2 Å². The van der Waals surface area contributed by atoms with E-state index in [2.05, 4.69) is 5.32 Å². The summed E-state index contributed by atoms with van der Waals surface area (Å²) in [6.07, 6.45) is 3.58. The number of urea groups is 1. The molecule has 2 atom stereocenters. The van der Waals surface area contributed by atoms with E-state index in [1.165, 1.54) is 11.1 Å². The fourth-order valence-electron chi connectivity index (χ4n) is 5.75. The molecule has 9 heteroatoms. The Hall–Kier alpha value is -2.94. The van der Waals surface area contributed by atoms with Crippen molar-refractivity contribution in [2.45, 2.75) is 58.0 Å². The molecular formula is C25H29N3O5S. The molecule has 1 N–H and O–H groups in total. The molecule has 5 rings (SSSR count). The van der Waals surface area contributed by atoms with E-state index in [0.29, 0.717) is 17.7 Å². The van der Waals surface area contributed by atoms with Crippen molar-refractivity contribution in [2.24, 2.45) is 0 Å². The number of hydrogen-bond acceptors (Lipinski definition) is 5. The second-order valence-corrected chi connectivity index (χ2v) is 12.1. The molecule has 1 aromatic heterocycles. The summed E-state index contributed by atoms with van der Waals surface area (Å²) < 4.78 is 25.8. The van der Waals surface area contributed by atoms with Crippen LogP contribution in [0.4, 0.5) is 4.79 Å². The molecule has 2 aromatic rings. The quantitative estimate of drug-likeness (QED) is 0.520. The molecule has 2 saturated heterocycles. The SMILES string of the molecule is Cc1cc(C(=O)CN2C(=O)NC(C)(c3ccc4c(c3)CCC4)C2=O)c(C)n1C1CCS(=O)(=O)C1. The standard InChI is InChI=1S/C25H29N3O5S/c1-15-11-21(16(2)28(15)20-9-10-34(32,33)14-20)22(29)13-27-23(30)25(3,26-24(27)31)19-8-7-17-5-4-6-18(17)12-19/h7-8,11-12,20H,4-6,9-10,13-14H2,1-3H3,(H,26,31). The Morgan fingerprint density at radius 3 is 2.59 bits per heavy atom. The van der Waals surface area contributed by atoms with Crippen molar-refractivity contribution in [3.05, 3.63) is 57.9 Å². The lowest BCUT2D eigenvalue weighted by molar-refractivity contribution is -0.130. The third-order valence-electron chi connectivity index (χ3n) is 7.61. The van der Waals surface area contributed by atoms with Gasteiger partial charge < -0.3 is 9.88 Å². The number of benzene rings is 1. The van der Waals surface area contributed by atoms with E-state index >= 15 is 0 Å². The zero-order chi connectivity index (χ0) is 24.4. The van der Waals surface area contributed by atoms with Gasteiger partial charge in [0, 0.05) is 23.0 Å². The van der Waals surface area contributed by atoms with E-state index in [4.69, 9.17) is 0 Å². The molecule has 34 heavy (non-hydrogen) atoms. The van der Waals surface area contributed by atoms with Crippen LogP contribution < -0.4 is 5.32 Å². The van der Waals surface area contributed by atoms with E-state index in [1.54, 1.807) is 19.9 Å². The van der Waals surface area contributed by atoms with Crippen molar-refractivity contribution in [1.82, 2.24) is 14.8 Å². The van der Waals surface area contributed by atoms with Gasteiger partial charge in [0.25, 0.3) is 5.91 Å². The molecule has 1 aliphatic carbocycles. The minimum absolute atomic E-state index is 0.0587. The summed E-state index contributed by atoms with van der Waals surface area (Å²) in [7, 11) is -3.08. The highest BCUT2D eigenvalue weighted by Crippen LogP contribution is 2.33. The van der Waals surface area contributed by atoms with Crippen LogP contribution in [0.2, 0.25) is 0 Å². The topological polar surface area (TPSA) is 106 Å². The van der Waals surface area contributed by atoms with Gasteiger partial charge in [0.05, 0.1) is 18.1 Å². The van der Waals surface area contributed by atoms with Gasteiger partial charge in [-0.25, -0.2) is 13.2 Å². The maximum Gasteiger partial charge on any atom is 0.325 e. The molecule has 180 valence electrons. The van der Waals surface area contributed by atoms with Gasteiger partial charge in [0.1, 0.15) is 5.54 Å². The molecule has 1 aromatic carbocycles. The van der Waals surface area contributed by atoms with Crippen molar-refractivity contribution >= 4 is 27.6 Å². The number of amides is 3. The molecule has 0 spiro atoms. The van der Waals surface area contributed by atoms with Gasteiger partial charge in [0.2, 0.25) is 0 Å². The Morgan fingerprint density at radius 1 is 1.15 bits per heavy atom. The average Bonchev–Trinajstić information content (AvgIpc) is 3.50. The number of ketones is 1. The molecule has 2 unspecified atom stereocenters. The Kier molecular flexibility index (Phi) is 5.24. The molecular weight excluding hydrogens is 454 g/mol. The summed E-state index contributed by atoms with van der Waals surface area (Å²) in [5.74, 6) is -0.591. The van der Waals surface area contributed by atoms with E-state index in [9.17, 15) is 22.8 Å². The van der Waals surface area contributed by atoms with Crippen LogP contribution in [-0.2, 0) is 33.0 Å². The van der Waals surface area contributed by atoms with Gasteiger partial charge in [0.15, 0.2) is 15.6 Å². The van der Waals surface area contributed by atoms with Gasteiger partial charge >= 0.3 is 6.03 Å². The number of aryl methyl sites for hydroxylation is 3. The summed E-state index contributed by atoms with van der Waals surface area (Å²) in [6.45, 7) is 4.94. The number of fused-ring (bicyclic) bond motifs is 1. The van der Waals surface area contributed by atoms with Crippen LogP contribution in [0, 0.1) is 13.8 Å². The van der Waals surface area contributed by atoms with Crippen LogP contribution >= 0.6 is 0 Å². The number of carbonyl (C=O) groups excluding carboxylic acids is 3. The highest BCUT2D eigenvalue weighted by atomic mass is 32.2. The number of nitrogens with one attached hydrogen (secondary N) is 1. The Bertz CT molecular complexity index is 1340. The zero-order valence-electron chi connectivity index (χ0n) is 19.7. The third kappa shape index (κ3) is 3.57. The largest absolute Gasteiger partial charge is 0.344 e. The summed E-state index contributed by atoms with van der Waals surface area (Å²) in [5.41, 5.74) is 3.86. The predicted octanol–water partition coefficient (Wildman–Crippen LogP) is 2.60. The highest BCUT2D eigenvalue weighted by molar-refractivity contribution is 7.91. The second kappa shape index (κ2) is 7.80. The Morgan fingerprint density at radius 2 is 1.88 bits per heavy atom. The van der Waals surface area contributed by atoms with Crippen LogP contribution in [0.5, 0.6) is 0 Å². The smallest absolute Gasteiger partial charge is 0.325 e. The summed E-state index contributed by atoms with van der Waals surface area (Å²) in [4.78, 5) is 40.3. The number of carbonyl (C=O) groups is 3. The molecule has 3 aliphatic rings. The number of Topliss-reactive ketones (excluding diaryl/α,β-unsaturated/α-hetero) is 1.